The monoisotopic (exact) mass is 553 g/mol. The van der Waals surface area contributed by atoms with E-state index in [1.165, 1.54) is 0 Å². The molecule has 4 atom stereocenters. The Morgan fingerprint density at radius 3 is 2.51 bits per heavy atom. The number of para-hydroxylation sites is 1. The van der Waals surface area contributed by atoms with Gasteiger partial charge in [0, 0.05) is 13.5 Å². The lowest BCUT2D eigenvalue weighted by atomic mass is 10.0. The van der Waals surface area contributed by atoms with Crippen LogP contribution >= 0.6 is 8.53 Å². The molecular formula is C22H28F4N3O7P. The van der Waals surface area contributed by atoms with E-state index in [2.05, 4.69) is 5.09 Å². The van der Waals surface area contributed by atoms with Crippen molar-refractivity contribution in [2.24, 2.45) is 0 Å². The van der Waals surface area contributed by atoms with Crippen LogP contribution in [0.5, 0.6) is 5.75 Å². The van der Waals surface area contributed by atoms with Gasteiger partial charge in [0.05, 0.1) is 25.5 Å². The van der Waals surface area contributed by atoms with Crippen molar-refractivity contribution >= 4 is 14.8 Å². The van der Waals surface area contributed by atoms with E-state index in [4.69, 9.17) is 18.5 Å². The fourth-order valence-electron chi connectivity index (χ4n) is 2.93. The summed E-state index contributed by atoms with van der Waals surface area (Å²) in [5, 5.41) is 2.59. The number of benzene rings is 1. The zero-order valence-electron chi connectivity index (χ0n) is 20.2. The van der Waals surface area contributed by atoms with Gasteiger partial charge in [-0.3, -0.25) is 14.3 Å². The zero-order chi connectivity index (χ0) is 27.6. The topological polar surface area (TPSA) is 121 Å². The molecule has 2 heterocycles. The molecule has 1 saturated heterocycles. The fourth-order valence-corrected chi connectivity index (χ4v) is 4.01. The van der Waals surface area contributed by atoms with E-state index in [0.29, 0.717) is 28.9 Å². The van der Waals surface area contributed by atoms with Crippen molar-refractivity contribution < 1.29 is 40.9 Å². The molecule has 0 radical (unpaired) electrons. The third-order valence-corrected chi connectivity index (χ3v) is 6.12. The smallest absolute Gasteiger partial charge is 0.330 e. The van der Waals surface area contributed by atoms with Crippen LogP contribution in [-0.4, -0.2) is 60.4 Å². The number of rotatable bonds is 11. The standard InChI is InChI=1S/C18H18F4N3O6P.C4H10O/c19-12-8-18(16(21)22,30-15(12)25-9-13(20)14(27)24-17(25)28)10-29-32(23-6-7-26)31-11-4-2-1-3-5-11;1-4(2)5-3/h1-5,7,9,12,15-16,23H,6,8,10H2,(H,24,27,28);4H,1-3H3. The number of hydrogen-bond donors (Lipinski definition) is 2. The fraction of sp³-hybridized carbons (Fsp3) is 0.500. The SMILES string of the molecule is COC(C)C.O=CCNP(OCC1(C(F)F)CC(F)C(n2cc(F)c(=O)[nH]c2=O)O1)Oc1ccccc1. The van der Waals surface area contributed by atoms with Crippen LogP contribution < -0.4 is 20.9 Å². The number of carbonyl (C=O) groups excluding carboxylic acids is 1. The summed E-state index contributed by atoms with van der Waals surface area (Å²) < 4.78 is 77.3. The number of aldehydes is 1. The number of alkyl halides is 3. The van der Waals surface area contributed by atoms with E-state index in [1.54, 1.807) is 42.4 Å². The number of methoxy groups -OCH3 is 1. The van der Waals surface area contributed by atoms with Crippen LogP contribution in [-0.2, 0) is 18.8 Å². The maximum atomic E-state index is 14.6. The Kier molecular flexibility index (Phi) is 11.9. The van der Waals surface area contributed by atoms with E-state index >= 15 is 0 Å². The minimum absolute atomic E-state index is 0.207. The van der Waals surface area contributed by atoms with Crippen LogP contribution in [0.15, 0.2) is 46.1 Å². The number of aromatic amines is 1. The Hall–Kier alpha value is -2.64. The van der Waals surface area contributed by atoms with Crippen molar-refractivity contribution in [1.82, 2.24) is 14.6 Å². The largest absolute Gasteiger partial charge is 0.436 e. The molecular weight excluding hydrogens is 525 g/mol. The van der Waals surface area contributed by atoms with Crippen molar-refractivity contribution in [3.63, 3.8) is 0 Å². The average Bonchev–Trinajstić information content (AvgIpc) is 3.21. The Balaban J connectivity index is 0.000000877. The molecule has 0 saturated carbocycles. The molecule has 4 unspecified atom stereocenters. The maximum absolute atomic E-state index is 14.6. The van der Waals surface area contributed by atoms with Crippen LogP contribution in [0.1, 0.15) is 26.5 Å². The molecule has 2 aromatic rings. The first-order chi connectivity index (χ1) is 17.5. The van der Waals surface area contributed by atoms with E-state index in [9.17, 15) is 31.9 Å². The van der Waals surface area contributed by atoms with Gasteiger partial charge in [-0.1, -0.05) is 18.2 Å². The van der Waals surface area contributed by atoms with Gasteiger partial charge in [-0.15, -0.1) is 0 Å². The molecule has 206 valence electrons. The van der Waals surface area contributed by atoms with Crippen LogP contribution in [0.2, 0.25) is 0 Å². The molecule has 37 heavy (non-hydrogen) atoms. The molecule has 1 aliphatic rings. The maximum Gasteiger partial charge on any atom is 0.330 e. The summed E-state index contributed by atoms with van der Waals surface area (Å²) in [7, 11) is -0.408. The molecule has 15 heteroatoms. The predicted molar refractivity (Wildman–Crippen MR) is 126 cm³/mol. The summed E-state index contributed by atoms with van der Waals surface area (Å²) in [6, 6.07) is 8.17. The Bertz CT molecular complexity index is 1110. The van der Waals surface area contributed by atoms with Gasteiger partial charge in [-0.2, -0.15) is 4.39 Å². The zero-order valence-corrected chi connectivity index (χ0v) is 21.1. The predicted octanol–water partition coefficient (Wildman–Crippen LogP) is 3.09. The van der Waals surface area contributed by atoms with E-state index in [-0.39, 0.29) is 6.54 Å². The summed E-state index contributed by atoms with van der Waals surface area (Å²) in [5.74, 6) is -1.09. The number of nitrogens with one attached hydrogen (secondary N) is 2. The molecule has 0 amide bonds. The second kappa shape index (κ2) is 14.3. The lowest BCUT2D eigenvalue weighted by Crippen LogP contribution is -2.43. The lowest BCUT2D eigenvalue weighted by molar-refractivity contribution is -0.168. The van der Waals surface area contributed by atoms with Crippen molar-refractivity contribution in [2.75, 3.05) is 20.3 Å². The minimum Gasteiger partial charge on any atom is -0.436 e. The molecule has 2 N–H and O–H groups in total. The van der Waals surface area contributed by atoms with Crippen molar-refractivity contribution in [2.45, 2.75) is 50.8 Å². The van der Waals surface area contributed by atoms with Gasteiger partial charge in [0.1, 0.15) is 18.2 Å². The van der Waals surface area contributed by atoms with Gasteiger partial charge in [0.25, 0.3) is 12.0 Å². The molecule has 3 rings (SSSR count). The number of carbonyl (C=O) groups is 1. The number of nitrogens with zero attached hydrogens (tertiary/aromatic N) is 1. The lowest BCUT2D eigenvalue weighted by Gasteiger charge is -2.29. The summed E-state index contributed by atoms with van der Waals surface area (Å²) in [6.45, 7) is 2.92. The molecule has 1 aliphatic heterocycles. The first-order valence-electron chi connectivity index (χ1n) is 11.0. The number of hydrogen-bond acceptors (Lipinski definition) is 8. The highest BCUT2D eigenvalue weighted by Gasteiger charge is 2.55. The van der Waals surface area contributed by atoms with Crippen molar-refractivity contribution in [3.05, 3.63) is 63.2 Å². The second-order valence-corrected chi connectivity index (χ2v) is 9.26. The summed E-state index contributed by atoms with van der Waals surface area (Å²) in [4.78, 5) is 35.4. The Morgan fingerprint density at radius 2 is 1.95 bits per heavy atom. The van der Waals surface area contributed by atoms with Crippen LogP contribution in [0.4, 0.5) is 17.6 Å². The van der Waals surface area contributed by atoms with Crippen molar-refractivity contribution in [1.29, 1.82) is 0 Å². The number of ether oxygens (including phenoxy) is 2. The van der Waals surface area contributed by atoms with Gasteiger partial charge in [-0.05, 0) is 26.0 Å². The third kappa shape index (κ3) is 8.71. The highest BCUT2D eigenvalue weighted by Crippen LogP contribution is 2.45. The highest BCUT2D eigenvalue weighted by atomic mass is 31.2. The highest BCUT2D eigenvalue weighted by molar-refractivity contribution is 7.45. The summed E-state index contributed by atoms with van der Waals surface area (Å²) in [6.07, 6.45) is -6.92. The quantitative estimate of drug-likeness (QED) is 0.248. The van der Waals surface area contributed by atoms with Gasteiger partial charge < -0.3 is 23.3 Å². The molecule has 1 aromatic heterocycles. The molecule has 0 spiro atoms. The molecule has 1 fully saturated rings. The Morgan fingerprint density at radius 1 is 1.30 bits per heavy atom. The van der Waals surface area contributed by atoms with Gasteiger partial charge in [0.15, 0.2) is 11.8 Å². The van der Waals surface area contributed by atoms with Gasteiger partial charge >= 0.3 is 14.2 Å². The van der Waals surface area contributed by atoms with E-state index in [1.807, 2.05) is 13.8 Å². The Labute approximate surface area is 210 Å². The molecule has 10 nitrogen and oxygen atoms in total. The van der Waals surface area contributed by atoms with E-state index in [0.717, 1.165) is 0 Å². The third-order valence-electron chi connectivity index (χ3n) is 4.93. The molecule has 0 aliphatic carbocycles. The summed E-state index contributed by atoms with van der Waals surface area (Å²) >= 11 is 0. The van der Waals surface area contributed by atoms with Crippen molar-refractivity contribution in [3.8, 4) is 5.75 Å². The number of aromatic nitrogens is 2. The minimum atomic E-state index is -3.26. The van der Waals surface area contributed by atoms with Gasteiger partial charge in [0.2, 0.25) is 5.82 Å². The number of H-pyrrole nitrogens is 1. The summed E-state index contributed by atoms with van der Waals surface area (Å²) in [5.41, 5.74) is -5.06. The number of halogens is 4. The normalized spacial score (nSPS) is 22.0. The van der Waals surface area contributed by atoms with Crippen LogP contribution in [0.3, 0.4) is 0 Å². The van der Waals surface area contributed by atoms with Crippen LogP contribution in [0.25, 0.3) is 0 Å². The molecule has 1 aromatic carbocycles. The average molecular weight is 553 g/mol. The van der Waals surface area contributed by atoms with Gasteiger partial charge in [-0.25, -0.2) is 23.1 Å². The first-order valence-corrected chi connectivity index (χ1v) is 12.2. The molecule has 0 bridgehead atoms. The van der Waals surface area contributed by atoms with Crippen LogP contribution in [0, 0.1) is 5.82 Å². The van der Waals surface area contributed by atoms with E-state index < -0.39 is 63.0 Å². The first kappa shape index (κ1) is 30.6. The second-order valence-electron chi connectivity index (χ2n) is 7.99.